The molecule has 0 bridgehead atoms. The average Bonchev–Trinajstić information content (AvgIpc) is 2.49. The van der Waals surface area contributed by atoms with Crippen LogP contribution in [0.15, 0.2) is 36.4 Å². The van der Waals surface area contributed by atoms with E-state index in [1.165, 1.54) is 18.3 Å². The summed E-state index contributed by atoms with van der Waals surface area (Å²) in [7, 11) is 3.41. The molecule has 0 aliphatic heterocycles. The fourth-order valence-electron chi connectivity index (χ4n) is 2.11. The Balaban J connectivity index is 2.30. The van der Waals surface area contributed by atoms with Gasteiger partial charge in [-0.2, -0.15) is 0 Å². The highest BCUT2D eigenvalue weighted by Gasteiger charge is 2.25. The maximum Gasteiger partial charge on any atom is 0.362 e. The number of rotatable bonds is 5. The van der Waals surface area contributed by atoms with E-state index in [0.717, 1.165) is 11.5 Å². The quantitative estimate of drug-likeness (QED) is 0.708. The zero-order valence-electron chi connectivity index (χ0n) is 13.2. The summed E-state index contributed by atoms with van der Waals surface area (Å²) >= 11 is -0.252. The number of methoxy groups -OCH3 is 2. The van der Waals surface area contributed by atoms with Gasteiger partial charge in [0.05, 0.1) is 14.2 Å². The van der Waals surface area contributed by atoms with Gasteiger partial charge in [0.25, 0.3) is 0 Å². The summed E-state index contributed by atoms with van der Waals surface area (Å²) in [5, 5.41) is 0. The van der Waals surface area contributed by atoms with Gasteiger partial charge in [0.1, 0.15) is 5.75 Å². The molecule has 0 amide bonds. The monoisotopic (exact) mass is 397 g/mol. The highest BCUT2D eigenvalue weighted by Crippen LogP contribution is 2.22. The summed E-state index contributed by atoms with van der Waals surface area (Å²) in [6.45, 7) is 6.57. The molecular formula is C18H22IO2+. The second-order valence-corrected chi connectivity index (χ2v) is 8.13. The molecule has 0 unspecified atom stereocenters. The maximum atomic E-state index is 5.55. The molecule has 2 aromatic rings. The van der Waals surface area contributed by atoms with E-state index >= 15 is 0 Å². The maximum absolute atomic E-state index is 5.55. The van der Waals surface area contributed by atoms with Gasteiger partial charge in [0, 0.05) is 11.6 Å². The van der Waals surface area contributed by atoms with Crippen LogP contribution in [0.2, 0.25) is 0 Å². The fraction of sp³-hybridized carbons (Fsp3) is 0.333. The van der Waals surface area contributed by atoms with Crippen LogP contribution >= 0.6 is 0 Å². The van der Waals surface area contributed by atoms with Crippen LogP contribution in [0.1, 0.15) is 30.9 Å². The molecule has 2 aromatic carbocycles. The number of hydrogen-bond donors (Lipinski definition) is 0. The van der Waals surface area contributed by atoms with Crippen molar-refractivity contribution in [3.8, 4) is 11.5 Å². The van der Waals surface area contributed by atoms with E-state index in [1.54, 1.807) is 14.2 Å². The third kappa shape index (κ3) is 3.90. The first-order valence-electron chi connectivity index (χ1n) is 7.02. The molecule has 0 radical (unpaired) electrons. The van der Waals surface area contributed by atoms with E-state index in [-0.39, 0.29) is 21.2 Å². The Labute approximate surface area is 137 Å². The molecule has 0 fully saturated rings. The summed E-state index contributed by atoms with van der Waals surface area (Å²) in [6, 6.07) is 13.1. The molecule has 0 saturated heterocycles. The van der Waals surface area contributed by atoms with Crippen LogP contribution in [0.3, 0.4) is 0 Å². The second kappa shape index (κ2) is 7.16. The van der Waals surface area contributed by atoms with Crippen molar-refractivity contribution in [1.29, 1.82) is 0 Å². The summed E-state index contributed by atoms with van der Waals surface area (Å²) in [5.74, 6) is 2.37. The van der Waals surface area contributed by atoms with E-state index in [0.29, 0.717) is 5.92 Å². The van der Waals surface area contributed by atoms with Crippen molar-refractivity contribution in [3.05, 3.63) is 54.7 Å². The van der Waals surface area contributed by atoms with Crippen molar-refractivity contribution in [2.75, 3.05) is 14.2 Å². The first-order chi connectivity index (χ1) is 10.0. The summed E-state index contributed by atoms with van der Waals surface area (Å²) in [4.78, 5) is 0. The lowest BCUT2D eigenvalue weighted by atomic mass is 10.0. The SMILES string of the molecule is COc1cc(C)c([I+]c2ccc(C(C)C)cc2)c(OC)c1. The van der Waals surface area contributed by atoms with Crippen LogP contribution in [-0.2, 0) is 0 Å². The molecule has 2 rings (SSSR count). The highest BCUT2D eigenvalue weighted by molar-refractivity contribution is 5.37. The van der Waals surface area contributed by atoms with Gasteiger partial charge in [-0.15, -0.1) is 0 Å². The first kappa shape index (κ1) is 16.1. The average molecular weight is 397 g/mol. The molecule has 2 nitrogen and oxygen atoms in total. The first-order valence-corrected chi connectivity index (χ1v) is 9.18. The molecule has 0 aromatic heterocycles. The Morgan fingerprint density at radius 2 is 1.62 bits per heavy atom. The third-order valence-corrected chi connectivity index (χ3v) is 6.65. The lowest BCUT2D eigenvalue weighted by Crippen LogP contribution is -3.61. The zero-order valence-corrected chi connectivity index (χ0v) is 15.4. The molecule has 0 N–H and O–H groups in total. The summed E-state index contributed by atoms with van der Waals surface area (Å²) in [5.41, 5.74) is 2.63. The Morgan fingerprint density at radius 3 is 2.14 bits per heavy atom. The van der Waals surface area contributed by atoms with Gasteiger partial charge in [-0.3, -0.25) is 0 Å². The smallest absolute Gasteiger partial charge is 0.362 e. The van der Waals surface area contributed by atoms with Crippen molar-refractivity contribution < 1.29 is 30.7 Å². The minimum absolute atomic E-state index is 0.252. The van der Waals surface area contributed by atoms with Crippen LogP contribution in [0, 0.1) is 14.1 Å². The lowest BCUT2D eigenvalue weighted by molar-refractivity contribution is -0.598. The van der Waals surface area contributed by atoms with Crippen LogP contribution in [0.5, 0.6) is 11.5 Å². The van der Waals surface area contributed by atoms with Gasteiger partial charge in [0.15, 0.2) is 9.32 Å². The Kier molecular flexibility index (Phi) is 5.51. The predicted octanol–water partition coefficient (Wildman–Crippen LogP) is 1.26. The van der Waals surface area contributed by atoms with E-state index < -0.39 is 0 Å². The van der Waals surface area contributed by atoms with Gasteiger partial charge in [-0.25, -0.2) is 0 Å². The van der Waals surface area contributed by atoms with Gasteiger partial charge in [-0.05, 0) is 36.6 Å². The Morgan fingerprint density at radius 1 is 0.952 bits per heavy atom. The minimum Gasteiger partial charge on any atom is -0.497 e. The minimum atomic E-state index is -0.252. The molecule has 0 saturated carbocycles. The molecule has 0 heterocycles. The summed E-state index contributed by atoms with van der Waals surface area (Å²) < 4.78 is 13.6. The van der Waals surface area contributed by atoms with Crippen molar-refractivity contribution >= 4 is 0 Å². The van der Waals surface area contributed by atoms with E-state index in [4.69, 9.17) is 9.47 Å². The van der Waals surface area contributed by atoms with Gasteiger partial charge in [-0.1, -0.05) is 26.0 Å². The van der Waals surface area contributed by atoms with Crippen LogP contribution in [0.4, 0.5) is 0 Å². The van der Waals surface area contributed by atoms with Crippen molar-refractivity contribution in [3.63, 3.8) is 0 Å². The topological polar surface area (TPSA) is 18.5 Å². The molecule has 112 valence electrons. The normalized spacial score (nSPS) is 10.8. The van der Waals surface area contributed by atoms with Crippen LogP contribution in [0.25, 0.3) is 0 Å². The molecule has 3 heteroatoms. The lowest BCUT2D eigenvalue weighted by Gasteiger charge is -2.06. The van der Waals surface area contributed by atoms with Crippen molar-refractivity contribution in [2.24, 2.45) is 0 Å². The molecule has 0 aliphatic carbocycles. The second-order valence-electron chi connectivity index (χ2n) is 5.26. The molecule has 0 spiro atoms. The molecule has 21 heavy (non-hydrogen) atoms. The van der Waals surface area contributed by atoms with Crippen molar-refractivity contribution in [1.82, 2.24) is 0 Å². The molecule has 0 aliphatic rings. The van der Waals surface area contributed by atoms with Crippen molar-refractivity contribution in [2.45, 2.75) is 26.7 Å². The van der Waals surface area contributed by atoms with Crippen LogP contribution in [-0.4, -0.2) is 14.2 Å². The number of benzene rings is 2. The number of hydrogen-bond acceptors (Lipinski definition) is 2. The highest BCUT2D eigenvalue weighted by atomic mass is 127. The Bertz CT molecular complexity index is 603. The van der Waals surface area contributed by atoms with E-state index in [9.17, 15) is 0 Å². The van der Waals surface area contributed by atoms with Gasteiger partial charge in [0.2, 0.25) is 3.57 Å². The van der Waals surface area contributed by atoms with Gasteiger partial charge < -0.3 is 9.47 Å². The fourth-order valence-corrected chi connectivity index (χ4v) is 4.68. The zero-order chi connectivity index (χ0) is 15.4. The van der Waals surface area contributed by atoms with E-state index in [1.807, 2.05) is 6.07 Å². The number of halogens is 1. The largest absolute Gasteiger partial charge is 0.497 e. The molecule has 0 atom stereocenters. The van der Waals surface area contributed by atoms with Gasteiger partial charge >= 0.3 is 21.2 Å². The predicted molar refractivity (Wildman–Crippen MR) is 82.2 cm³/mol. The molecular weight excluding hydrogens is 375 g/mol. The summed E-state index contributed by atoms with van der Waals surface area (Å²) in [6.07, 6.45) is 0. The Hall–Kier alpha value is -1.23. The van der Waals surface area contributed by atoms with Crippen LogP contribution < -0.4 is 30.7 Å². The number of aryl methyl sites for hydroxylation is 1. The standard InChI is InChI=1S/C18H22IO2/c1-12(2)14-6-8-15(9-7-14)19-18-13(3)10-16(20-4)11-17(18)21-5/h6-12H,1-5H3/q+1. The number of ether oxygens (including phenoxy) is 2. The third-order valence-electron chi connectivity index (χ3n) is 3.39. The van der Waals surface area contributed by atoms with E-state index in [2.05, 4.69) is 51.1 Å².